The van der Waals surface area contributed by atoms with Crippen LogP contribution in [0.2, 0.25) is 0 Å². The number of hydrogen-bond acceptors (Lipinski definition) is 8. The number of carbonyl (C=O) groups excluding carboxylic acids is 1. The van der Waals surface area contributed by atoms with Crippen LogP contribution >= 0.6 is 0 Å². The summed E-state index contributed by atoms with van der Waals surface area (Å²) < 4.78 is 20.0. The highest BCUT2D eigenvalue weighted by Crippen LogP contribution is 2.32. The number of alkyl halides is 1. The van der Waals surface area contributed by atoms with Gasteiger partial charge in [0.25, 0.3) is 0 Å². The number of aromatic nitrogens is 4. The van der Waals surface area contributed by atoms with Gasteiger partial charge in [-0.05, 0) is 56.5 Å². The molecular formula is C27H37FN8O3. The molecule has 0 saturated carbocycles. The number of likely N-dealkylation sites (tertiary alicyclic amines) is 1. The molecule has 5 rings (SSSR count). The number of nitrogens with one attached hydrogen (secondary N) is 2. The minimum Gasteiger partial charge on any atom is -0.396 e. The summed E-state index contributed by atoms with van der Waals surface area (Å²) in [4.78, 5) is 26.6. The van der Waals surface area contributed by atoms with Crippen LogP contribution in [0.5, 0.6) is 0 Å². The summed E-state index contributed by atoms with van der Waals surface area (Å²) in [6.45, 7) is 5.42. The number of nitrogens with zero attached hydrogens (tertiary/aromatic N) is 6. The highest BCUT2D eigenvalue weighted by atomic mass is 19.1. The Labute approximate surface area is 227 Å². The van der Waals surface area contributed by atoms with E-state index in [-0.39, 0.29) is 19.2 Å². The van der Waals surface area contributed by atoms with Crippen molar-refractivity contribution < 1.29 is 19.0 Å². The summed E-state index contributed by atoms with van der Waals surface area (Å²) in [6.07, 6.45) is 5.74. The molecule has 39 heavy (non-hydrogen) atoms. The van der Waals surface area contributed by atoms with E-state index in [1.54, 1.807) is 12.1 Å². The van der Waals surface area contributed by atoms with Crippen LogP contribution < -0.4 is 15.5 Å². The van der Waals surface area contributed by atoms with Gasteiger partial charge in [0.1, 0.15) is 12.5 Å². The lowest BCUT2D eigenvalue weighted by molar-refractivity contribution is 0.122. The quantitative estimate of drug-likeness (QED) is 0.336. The predicted octanol–water partition coefficient (Wildman–Crippen LogP) is 2.83. The molecule has 3 aromatic rings. The number of benzene rings is 1. The molecule has 4 heterocycles. The highest BCUT2D eigenvalue weighted by Gasteiger charge is 2.26. The first kappa shape index (κ1) is 27.2. The number of halogens is 1. The Morgan fingerprint density at radius 3 is 2.56 bits per heavy atom. The van der Waals surface area contributed by atoms with Gasteiger partial charge in [-0.1, -0.05) is 0 Å². The molecule has 2 aromatic heterocycles. The van der Waals surface area contributed by atoms with E-state index in [1.807, 2.05) is 18.3 Å². The molecular weight excluding hydrogens is 503 g/mol. The summed E-state index contributed by atoms with van der Waals surface area (Å²) in [5.41, 5.74) is 2.25. The maximum atomic E-state index is 12.3. The van der Waals surface area contributed by atoms with Crippen molar-refractivity contribution in [2.75, 3.05) is 76.0 Å². The van der Waals surface area contributed by atoms with E-state index in [0.717, 1.165) is 80.8 Å². The average molecular weight is 541 g/mol. The van der Waals surface area contributed by atoms with Crippen molar-refractivity contribution in [2.24, 2.45) is 0 Å². The number of morpholine rings is 1. The maximum Gasteiger partial charge on any atom is 0.319 e. The minimum absolute atomic E-state index is 0.0293. The van der Waals surface area contributed by atoms with Crippen LogP contribution in [0.25, 0.3) is 22.4 Å². The fourth-order valence-electron chi connectivity index (χ4n) is 5.20. The van der Waals surface area contributed by atoms with Crippen molar-refractivity contribution in [3.63, 3.8) is 0 Å². The van der Waals surface area contributed by atoms with E-state index < -0.39 is 12.7 Å². The molecule has 0 atom stereocenters. The molecule has 2 saturated heterocycles. The molecule has 1 aromatic carbocycles. The molecule has 0 unspecified atom stereocenters. The molecule has 0 radical (unpaired) electrons. The lowest BCUT2D eigenvalue weighted by Crippen LogP contribution is -2.37. The smallest absolute Gasteiger partial charge is 0.319 e. The number of carbonyl (C=O) groups is 1. The molecule has 2 aliphatic rings. The van der Waals surface area contributed by atoms with E-state index in [2.05, 4.69) is 25.1 Å². The number of anilines is 2. The Morgan fingerprint density at radius 2 is 1.85 bits per heavy atom. The number of piperidine rings is 1. The first-order valence-corrected chi connectivity index (χ1v) is 13.8. The Hall–Kier alpha value is -3.35. The fourth-order valence-corrected chi connectivity index (χ4v) is 5.20. The van der Waals surface area contributed by atoms with Crippen LogP contribution in [0.4, 0.5) is 20.7 Å². The van der Waals surface area contributed by atoms with Gasteiger partial charge in [-0.2, -0.15) is 5.10 Å². The van der Waals surface area contributed by atoms with Crippen molar-refractivity contribution in [1.29, 1.82) is 0 Å². The first-order chi connectivity index (χ1) is 19.2. The van der Waals surface area contributed by atoms with Crippen molar-refractivity contribution in [3.8, 4) is 11.4 Å². The molecule has 0 spiro atoms. The number of hydrogen-bond donors (Lipinski definition) is 3. The predicted molar refractivity (Wildman–Crippen MR) is 148 cm³/mol. The number of fused-ring (bicyclic) bond motifs is 1. The largest absolute Gasteiger partial charge is 0.396 e. The van der Waals surface area contributed by atoms with Gasteiger partial charge in [0.15, 0.2) is 11.5 Å². The highest BCUT2D eigenvalue weighted by molar-refractivity contribution is 5.90. The SMILES string of the molecule is O=C(NCCF)Nc1ccc(-c2nc(N3CCOCC3)c3cnn(C4CCN(CCCCO)CC4)c3n2)cc1. The molecule has 12 heteroatoms. The van der Waals surface area contributed by atoms with E-state index in [1.165, 1.54) is 0 Å². The number of urea groups is 1. The van der Waals surface area contributed by atoms with Crippen LogP contribution in [-0.4, -0.2) is 102 Å². The second-order valence-corrected chi connectivity index (χ2v) is 9.95. The lowest BCUT2D eigenvalue weighted by Gasteiger charge is -2.32. The Morgan fingerprint density at radius 1 is 1.08 bits per heavy atom. The first-order valence-electron chi connectivity index (χ1n) is 13.8. The number of aliphatic hydroxyl groups is 1. The van der Waals surface area contributed by atoms with Gasteiger partial charge in [0.2, 0.25) is 0 Å². The monoisotopic (exact) mass is 540 g/mol. The maximum absolute atomic E-state index is 12.3. The van der Waals surface area contributed by atoms with Gasteiger partial charge in [0, 0.05) is 50.6 Å². The van der Waals surface area contributed by atoms with E-state index in [4.69, 9.17) is 24.9 Å². The normalized spacial score (nSPS) is 17.0. The number of rotatable bonds is 10. The van der Waals surface area contributed by atoms with Crippen molar-refractivity contribution >= 4 is 28.6 Å². The molecule has 2 amide bonds. The van der Waals surface area contributed by atoms with Crippen LogP contribution in [-0.2, 0) is 4.74 Å². The van der Waals surface area contributed by atoms with Crippen LogP contribution in [0.1, 0.15) is 31.7 Å². The van der Waals surface area contributed by atoms with Crippen LogP contribution in [0.3, 0.4) is 0 Å². The second kappa shape index (κ2) is 13.1. The number of amides is 2. The van der Waals surface area contributed by atoms with Gasteiger partial charge in [-0.15, -0.1) is 0 Å². The van der Waals surface area contributed by atoms with E-state index in [9.17, 15) is 9.18 Å². The Kier molecular flexibility index (Phi) is 9.17. The van der Waals surface area contributed by atoms with Crippen LogP contribution in [0.15, 0.2) is 30.5 Å². The summed E-state index contributed by atoms with van der Waals surface area (Å²) in [6, 6.07) is 7.13. The molecule has 0 bridgehead atoms. The van der Waals surface area contributed by atoms with Gasteiger partial charge >= 0.3 is 6.03 Å². The molecule has 2 fully saturated rings. The third kappa shape index (κ3) is 6.63. The minimum atomic E-state index is -0.613. The average Bonchev–Trinajstić information content (AvgIpc) is 3.41. The zero-order valence-corrected chi connectivity index (χ0v) is 22.2. The van der Waals surface area contributed by atoms with Gasteiger partial charge in [0.05, 0.1) is 30.8 Å². The zero-order chi connectivity index (χ0) is 27.0. The summed E-state index contributed by atoms with van der Waals surface area (Å²) in [5.74, 6) is 1.46. The van der Waals surface area contributed by atoms with Crippen molar-refractivity contribution in [1.82, 2.24) is 30.0 Å². The summed E-state index contributed by atoms with van der Waals surface area (Å²) in [7, 11) is 0. The lowest BCUT2D eigenvalue weighted by atomic mass is 10.0. The standard InChI is InChI=1S/C27H37FN8O3/c28-9-10-29-27(38)31-21-5-3-20(4-6-21)24-32-25(35-14-17-39-18-15-35)23-19-30-36(26(23)33-24)22-7-12-34(13-8-22)11-1-2-16-37/h3-6,19,22,37H,1-2,7-18H2,(H2,29,31,38). The second-order valence-electron chi connectivity index (χ2n) is 9.95. The van der Waals surface area contributed by atoms with Crippen molar-refractivity contribution in [3.05, 3.63) is 30.5 Å². The molecule has 210 valence electrons. The molecule has 2 aliphatic heterocycles. The zero-order valence-electron chi connectivity index (χ0n) is 22.2. The van der Waals surface area contributed by atoms with Gasteiger partial charge < -0.3 is 30.3 Å². The number of aliphatic hydroxyl groups excluding tert-OH is 1. The van der Waals surface area contributed by atoms with Crippen molar-refractivity contribution in [2.45, 2.75) is 31.7 Å². The Balaban J connectivity index is 1.40. The topological polar surface area (TPSA) is 121 Å². The van der Waals surface area contributed by atoms with Crippen LogP contribution in [0, 0.1) is 0 Å². The third-order valence-corrected chi connectivity index (χ3v) is 7.31. The Bertz CT molecular complexity index is 1220. The van der Waals surface area contributed by atoms with E-state index in [0.29, 0.717) is 24.7 Å². The summed E-state index contributed by atoms with van der Waals surface area (Å²) >= 11 is 0. The van der Waals surface area contributed by atoms with Gasteiger partial charge in [-0.3, -0.25) is 0 Å². The number of unbranched alkanes of at least 4 members (excludes halogenated alkanes) is 1. The summed E-state index contributed by atoms with van der Waals surface area (Å²) in [5, 5.41) is 20.0. The van der Waals surface area contributed by atoms with E-state index >= 15 is 0 Å². The third-order valence-electron chi connectivity index (χ3n) is 7.31. The molecule has 0 aliphatic carbocycles. The molecule has 3 N–H and O–H groups in total. The molecule has 11 nitrogen and oxygen atoms in total. The van der Waals surface area contributed by atoms with Gasteiger partial charge in [-0.25, -0.2) is 23.8 Å². The fraction of sp³-hybridized carbons (Fsp3) is 0.556. The number of ether oxygens (including phenoxy) is 1.